The van der Waals surface area contributed by atoms with Crippen LogP contribution >= 0.6 is 11.8 Å². The normalized spacial score (nSPS) is 15.7. The molecule has 138 valence electrons. The van der Waals surface area contributed by atoms with Crippen LogP contribution in [-0.4, -0.2) is 51.2 Å². The molecule has 0 saturated carbocycles. The van der Waals surface area contributed by atoms with Gasteiger partial charge in [0.05, 0.1) is 5.75 Å². The van der Waals surface area contributed by atoms with Gasteiger partial charge >= 0.3 is 0 Å². The van der Waals surface area contributed by atoms with Gasteiger partial charge in [-0.25, -0.2) is 0 Å². The van der Waals surface area contributed by atoms with Crippen LogP contribution in [0.5, 0.6) is 11.5 Å². The third kappa shape index (κ3) is 3.51. The highest BCUT2D eigenvalue weighted by Crippen LogP contribution is 2.33. The van der Waals surface area contributed by atoms with Crippen LogP contribution in [0.15, 0.2) is 23.4 Å². The fraction of sp³-hybridized carbons (Fsp3) is 0.500. The molecule has 2 aromatic rings. The summed E-state index contributed by atoms with van der Waals surface area (Å²) in [6.07, 6.45) is 2.89. The minimum atomic E-state index is 0.190. The molecule has 8 heteroatoms. The fourth-order valence-corrected chi connectivity index (χ4v) is 4.22. The average molecular weight is 374 g/mol. The van der Waals surface area contributed by atoms with E-state index in [-0.39, 0.29) is 12.7 Å². The van der Waals surface area contributed by atoms with E-state index in [2.05, 4.69) is 21.7 Å². The third-order valence-electron chi connectivity index (χ3n) is 4.69. The third-order valence-corrected chi connectivity index (χ3v) is 5.64. The second-order valence-corrected chi connectivity index (χ2v) is 7.33. The summed E-state index contributed by atoms with van der Waals surface area (Å²) in [7, 11) is 0. The van der Waals surface area contributed by atoms with Gasteiger partial charge in [-0.2, -0.15) is 0 Å². The molecule has 3 heterocycles. The number of thioether (sulfide) groups is 1. The molecule has 0 aliphatic carbocycles. The molecular weight excluding hydrogens is 352 g/mol. The van der Waals surface area contributed by atoms with Crippen molar-refractivity contribution >= 4 is 17.7 Å². The number of carbonyl (C=O) groups is 1. The molecule has 0 atom stereocenters. The van der Waals surface area contributed by atoms with Gasteiger partial charge in [-0.1, -0.05) is 17.8 Å². The molecule has 1 amide bonds. The van der Waals surface area contributed by atoms with Crippen molar-refractivity contribution < 1.29 is 14.3 Å². The second kappa shape index (κ2) is 7.57. The van der Waals surface area contributed by atoms with Gasteiger partial charge in [-0.15, -0.1) is 10.2 Å². The second-order valence-electron chi connectivity index (χ2n) is 6.38. The van der Waals surface area contributed by atoms with Gasteiger partial charge in [0.25, 0.3) is 0 Å². The maximum Gasteiger partial charge on any atom is 0.233 e. The van der Waals surface area contributed by atoms with Gasteiger partial charge < -0.3 is 18.9 Å². The number of fused-ring (bicyclic) bond motifs is 1. The molecule has 1 fully saturated rings. The van der Waals surface area contributed by atoms with Crippen LogP contribution < -0.4 is 9.47 Å². The number of carbonyl (C=O) groups excluding carboxylic acids is 1. The van der Waals surface area contributed by atoms with Crippen molar-refractivity contribution in [1.82, 2.24) is 19.7 Å². The Morgan fingerprint density at radius 3 is 2.81 bits per heavy atom. The van der Waals surface area contributed by atoms with E-state index < -0.39 is 0 Å². The highest BCUT2D eigenvalue weighted by molar-refractivity contribution is 7.99. The van der Waals surface area contributed by atoms with Crippen molar-refractivity contribution in [3.05, 3.63) is 29.6 Å². The van der Waals surface area contributed by atoms with Crippen molar-refractivity contribution in [3.8, 4) is 11.5 Å². The van der Waals surface area contributed by atoms with E-state index in [0.717, 1.165) is 60.5 Å². The highest BCUT2D eigenvalue weighted by Gasteiger charge is 2.20. The number of nitrogens with zero attached hydrogens (tertiary/aromatic N) is 4. The molecule has 0 unspecified atom stereocenters. The van der Waals surface area contributed by atoms with Crippen LogP contribution in [0.1, 0.15) is 31.2 Å². The van der Waals surface area contributed by atoms with Crippen molar-refractivity contribution in [1.29, 1.82) is 0 Å². The minimum absolute atomic E-state index is 0.190. The lowest BCUT2D eigenvalue weighted by atomic mass is 10.1. The van der Waals surface area contributed by atoms with E-state index in [0.29, 0.717) is 12.2 Å². The van der Waals surface area contributed by atoms with Crippen molar-refractivity contribution in [2.75, 3.05) is 25.6 Å². The first-order valence-electron chi connectivity index (χ1n) is 8.96. The summed E-state index contributed by atoms with van der Waals surface area (Å²) in [6.45, 7) is 4.88. The molecule has 0 spiro atoms. The molecule has 1 saturated heterocycles. The summed E-state index contributed by atoms with van der Waals surface area (Å²) < 4.78 is 12.9. The Balaban J connectivity index is 1.43. The molecule has 1 aromatic carbocycles. The Morgan fingerprint density at radius 2 is 2.00 bits per heavy atom. The quantitative estimate of drug-likeness (QED) is 0.723. The van der Waals surface area contributed by atoms with Gasteiger partial charge in [-0.05, 0) is 37.5 Å². The summed E-state index contributed by atoms with van der Waals surface area (Å²) in [6, 6.07) is 5.93. The lowest BCUT2D eigenvalue weighted by molar-refractivity contribution is -0.127. The van der Waals surface area contributed by atoms with Gasteiger partial charge in [0.1, 0.15) is 5.82 Å². The van der Waals surface area contributed by atoms with Gasteiger partial charge in [0, 0.05) is 26.1 Å². The van der Waals surface area contributed by atoms with Crippen LogP contribution in [0.4, 0.5) is 0 Å². The Kier molecular flexibility index (Phi) is 5.01. The Bertz CT molecular complexity index is 802. The summed E-state index contributed by atoms with van der Waals surface area (Å²) in [5.41, 5.74) is 1.10. The lowest BCUT2D eigenvalue weighted by Crippen LogP contribution is -2.29. The van der Waals surface area contributed by atoms with E-state index in [1.807, 2.05) is 23.1 Å². The van der Waals surface area contributed by atoms with Gasteiger partial charge in [-0.3, -0.25) is 4.79 Å². The Hall–Kier alpha value is -2.22. The van der Waals surface area contributed by atoms with E-state index in [9.17, 15) is 4.79 Å². The molecule has 0 N–H and O–H groups in total. The first kappa shape index (κ1) is 17.2. The van der Waals surface area contributed by atoms with Crippen LogP contribution in [-0.2, 0) is 17.8 Å². The molecule has 4 rings (SSSR count). The monoisotopic (exact) mass is 374 g/mol. The predicted molar refractivity (Wildman–Crippen MR) is 97.6 cm³/mol. The number of ether oxygens (including phenoxy) is 2. The molecule has 2 aliphatic heterocycles. The minimum Gasteiger partial charge on any atom is -0.454 e. The SMILES string of the molecule is CCn1c(Cc2ccc3c(c2)OCO3)nnc1SCC(=O)N1CCCC1. The van der Waals surface area contributed by atoms with Gasteiger partial charge in [0.15, 0.2) is 16.7 Å². The zero-order chi connectivity index (χ0) is 17.9. The zero-order valence-corrected chi connectivity index (χ0v) is 15.6. The molecular formula is C18H22N4O3S. The van der Waals surface area contributed by atoms with E-state index >= 15 is 0 Å². The first-order chi connectivity index (χ1) is 12.7. The molecule has 0 radical (unpaired) electrons. The number of benzene rings is 1. The predicted octanol–water partition coefficient (Wildman–Crippen LogP) is 2.33. The lowest BCUT2D eigenvalue weighted by Gasteiger charge is -2.14. The van der Waals surface area contributed by atoms with Crippen LogP contribution in [0.2, 0.25) is 0 Å². The van der Waals surface area contributed by atoms with E-state index in [1.54, 1.807) is 0 Å². The number of hydrogen-bond acceptors (Lipinski definition) is 6. The average Bonchev–Trinajstić information content (AvgIpc) is 3.39. The van der Waals surface area contributed by atoms with Crippen molar-refractivity contribution in [2.45, 2.75) is 37.9 Å². The van der Waals surface area contributed by atoms with Gasteiger partial charge in [0.2, 0.25) is 12.7 Å². The van der Waals surface area contributed by atoms with E-state index in [1.165, 1.54) is 11.8 Å². The Morgan fingerprint density at radius 1 is 1.19 bits per heavy atom. The number of aromatic nitrogens is 3. The highest BCUT2D eigenvalue weighted by atomic mass is 32.2. The fourth-order valence-electron chi connectivity index (χ4n) is 3.29. The summed E-state index contributed by atoms with van der Waals surface area (Å²) in [5.74, 6) is 3.05. The summed E-state index contributed by atoms with van der Waals surface area (Å²) >= 11 is 1.47. The van der Waals surface area contributed by atoms with Crippen molar-refractivity contribution in [3.63, 3.8) is 0 Å². The van der Waals surface area contributed by atoms with Crippen LogP contribution in [0, 0.1) is 0 Å². The standard InChI is InChI=1S/C18H22N4O3S/c1-2-22-16(10-13-5-6-14-15(9-13)25-12-24-14)19-20-18(22)26-11-17(23)21-7-3-4-8-21/h5-6,9H,2-4,7-8,10-12H2,1H3. The molecule has 7 nitrogen and oxygen atoms in total. The smallest absolute Gasteiger partial charge is 0.233 e. The molecule has 26 heavy (non-hydrogen) atoms. The molecule has 0 bridgehead atoms. The largest absolute Gasteiger partial charge is 0.454 e. The Labute approximate surface area is 156 Å². The summed E-state index contributed by atoms with van der Waals surface area (Å²) in [4.78, 5) is 14.2. The number of hydrogen-bond donors (Lipinski definition) is 0. The number of rotatable bonds is 6. The molecule has 1 aromatic heterocycles. The van der Waals surface area contributed by atoms with E-state index in [4.69, 9.17) is 9.47 Å². The number of likely N-dealkylation sites (tertiary alicyclic amines) is 1. The maximum atomic E-state index is 12.2. The molecule has 2 aliphatic rings. The van der Waals surface area contributed by atoms with Crippen LogP contribution in [0.25, 0.3) is 0 Å². The van der Waals surface area contributed by atoms with Crippen LogP contribution in [0.3, 0.4) is 0 Å². The zero-order valence-electron chi connectivity index (χ0n) is 14.8. The maximum absolute atomic E-state index is 12.2. The first-order valence-corrected chi connectivity index (χ1v) is 9.94. The van der Waals surface area contributed by atoms with Crippen molar-refractivity contribution in [2.24, 2.45) is 0 Å². The topological polar surface area (TPSA) is 69.5 Å². The summed E-state index contributed by atoms with van der Waals surface area (Å²) in [5, 5.41) is 9.45. The number of amides is 1.